The lowest BCUT2D eigenvalue weighted by atomic mass is 10.2. The highest BCUT2D eigenvalue weighted by atomic mass is 19.1. The number of carbonyl (C=O) groups excluding carboxylic acids is 1. The van der Waals surface area contributed by atoms with Crippen LogP contribution < -0.4 is 5.32 Å². The van der Waals surface area contributed by atoms with Gasteiger partial charge in [-0.2, -0.15) is 0 Å². The predicted octanol–water partition coefficient (Wildman–Crippen LogP) is 2.26. The number of ether oxygens (including phenoxy) is 2. The van der Waals surface area contributed by atoms with Crippen molar-refractivity contribution < 1.29 is 23.6 Å². The number of rotatable bonds is 6. The van der Waals surface area contributed by atoms with Gasteiger partial charge in [0.15, 0.2) is 0 Å². The molecule has 2 rings (SSSR count). The Kier molecular flexibility index (Phi) is 5.40. The van der Waals surface area contributed by atoms with Crippen LogP contribution in [0.3, 0.4) is 0 Å². The average molecular weight is 312 g/mol. The number of nitrogens with zero attached hydrogens (tertiary/aromatic N) is 1. The average Bonchev–Trinajstić information content (AvgIpc) is 2.99. The minimum absolute atomic E-state index is 0.0181. The Labute approximate surface area is 126 Å². The van der Waals surface area contributed by atoms with Crippen molar-refractivity contribution in [2.45, 2.75) is 32.0 Å². The summed E-state index contributed by atoms with van der Waals surface area (Å²) in [6.07, 6.45) is 1.04. The summed E-state index contributed by atoms with van der Waals surface area (Å²) in [6, 6.07) is 2.95. The third-order valence-corrected chi connectivity index (χ3v) is 3.34. The smallest absolute Gasteiger partial charge is 0.295 e. The van der Waals surface area contributed by atoms with Crippen LogP contribution in [0.4, 0.5) is 15.8 Å². The Bertz CT molecular complexity index is 560. The molecular weight excluding hydrogens is 295 g/mol. The van der Waals surface area contributed by atoms with Gasteiger partial charge in [-0.3, -0.25) is 14.9 Å². The van der Waals surface area contributed by atoms with Gasteiger partial charge >= 0.3 is 0 Å². The largest absolute Gasteiger partial charge is 0.376 e. The molecular formula is C14H17FN2O5. The molecule has 0 spiro atoms. The number of hydrogen-bond acceptors (Lipinski definition) is 5. The molecule has 2 unspecified atom stereocenters. The molecule has 22 heavy (non-hydrogen) atoms. The van der Waals surface area contributed by atoms with Crippen molar-refractivity contribution >= 4 is 17.3 Å². The zero-order valence-corrected chi connectivity index (χ0v) is 12.1. The number of carbonyl (C=O) groups is 1. The van der Waals surface area contributed by atoms with Crippen LogP contribution >= 0.6 is 0 Å². The van der Waals surface area contributed by atoms with E-state index in [1.165, 1.54) is 0 Å². The van der Waals surface area contributed by atoms with E-state index in [4.69, 9.17) is 9.47 Å². The van der Waals surface area contributed by atoms with Crippen LogP contribution in [-0.4, -0.2) is 36.3 Å². The van der Waals surface area contributed by atoms with Crippen LogP contribution in [0, 0.1) is 15.9 Å². The molecule has 0 saturated carbocycles. The van der Waals surface area contributed by atoms with Crippen LogP contribution in [0.1, 0.15) is 19.8 Å². The molecule has 1 saturated heterocycles. The van der Waals surface area contributed by atoms with Crippen molar-refractivity contribution in [1.82, 2.24) is 0 Å². The van der Waals surface area contributed by atoms with E-state index in [0.717, 1.165) is 31.0 Å². The lowest BCUT2D eigenvalue weighted by Crippen LogP contribution is -2.30. The highest BCUT2D eigenvalue weighted by Gasteiger charge is 2.22. The summed E-state index contributed by atoms with van der Waals surface area (Å²) in [5, 5.41) is 13.2. The minimum atomic E-state index is -0.797. The molecule has 8 heteroatoms. The molecule has 0 aromatic heterocycles. The first-order valence-electron chi connectivity index (χ1n) is 6.95. The van der Waals surface area contributed by atoms with Gasteiger partial charge in [-0.05, 0) is 31.9 Å². The maximum Gasteiger partial charge on any atom is 0.295 e. The predicted molar refractivity (Wildman–Crippen MR) is 76.1 cm³/mol. The van der Waals surface area contributed by atoms with Crippen LogP contribution in [0.2, 0.25) is 0 Å². The highest BCUT2D eigenvalue weighted by Crippen LogP contribution is 2.25. The summed E-state index contributed by atoms with van der Waals surface area (Å²) in [7, 11) is 0. The molecule has 2 atom stereocenters. The fraction of sp³-hybridized carbons (Fsp3) is 0.500. The first-order chi connectivity index (χ1) is 10.5. The number of halogens is 1. The van der Waals surface area contributed by atoms with Crippen molar-refractivity contribution in [3.8, 4) is 0 Å². The summed E-state index contributed by atoms with van der Waals surface area (Å²) in [4.78, 5) is 22.1. The number of nitro benzene ring substituents is 1. The molecule has 1 heterocycles. The van der Waals surface area contributed by atoms with Gasteiger partial charge in [0.2, 0.25) is 0 Å². The first-order valence-corrected chi connectivity index (χ1v) is 6.95. The molecule has 1 fully saturated rings. The van der Waals surface area contributed by atoms with Gasteiger partial charge < -0.3 is 14.8 Å². The molecule has 7 nitrogen and oxygen atoms in total. The summed E-state index contributed by atoms with van der Waals surface area (Å²) in [5.41, 5.74) is -0.566. The van der Waals surface area contributed by atoms with Crippen LogP contribution in [0.5, 0.6) is 0 Å². The number of anilines is 1. The van der Waals surface area contributed by atoms with E-state index < -0.39 is 28.4 Å². The van der Waals surface area contributed by atoms with Crippen LogP contribution in [-0.2, 0) is 14.3 Å². The number of benzene rings is 1. The molecule has 1 N–H and O–H groups in total. The van der Waals surface area contributed by atoms with Gasteiger partial charge in [-0.25, -0.2) is 4.39 Å². The first kappa shape index (κ1) is 16.3. The summed E-state index contributed by atoms with van der Waals surface area (Å²) >= 11 is 0. The topological polar surface area (TPSA) is 90.7 Å². The molecule has 1 amide bonds. The van der Waals surface area contributed by atoms with Crippen LogP contribution in [0.15, 0.2) is 18.2 Å². The third kappa shape index (κ3) is 4.22. The molecule has 1 aromatic carbocycles. The Balaban J connectivity index is 1.94. The van der Waals surface area contributed by atoms with E-state index in [1.807, 2.05) is 0 Å². The molecule has 1 aromatic rings. The maximum absolute atomic E-state index is 13.0. The Morgan fingerprint density at radius 2 is 2.41 bits per heavy atom. The summed E-state index contributed by atoms with van der Waals surface area (Å²) in [5.74, 6) is -1.28. The standard InChI is InChI=1S/C14H17FN2O5/c1-9(22-8-11-3-2-6-21-11)14(18)16-12-5-4-10(15)7-13(12)17(19)20/h4-5,7,9,11H,2-3,6,8H2,1H3,(H,16,18). The zero-order valence-electron chi connectivity index (χ0n) is 12.1. The molecule has 0 radical (unpaired) electrons. The van der Waals surface area contributed by atoms with Crippen molar-refractivity contribution in [1.29, 1.82) is 0 Å². The van der Waals surface area contributed by atoms with Crippen molar-refractivity contribution in [2.24, 2.45) is 0 Å². The molecule has 120 valence electrons. The molecule has 0 aliphatic carbocycles. The fourth-order valence-electron chi connectivity index (χ4n) is 2.10. The Morgan fingerprint density at radius 3 is 3.05 bits per heavy atom. The molecule has 1 aliphatic rings. The lowest BCUT2D eigenvalue weighted by molar-refractivity contribution is -0.384. The van der Waals surface area contributed by atoms with Crippen LogP contribution in [0.25, 0.3) is 0 Å². The summed E-state index contributed by atoms with van der Waals surface area (Å²) in [6.45, 7) is 2.52. The monoisotopic (exact) mass is 312 g/mol. The quantitative estimate of drug-likeness (QED) is 0.642. The second kappa shape index (κ2) is 7.28. The number of nitrogens with one attached hydrogen (secondary N) is 1. The van der Waals surface area contributed by atoms with Crippen molar-refractivity contribution in [2.75, 3.05) is 18.5 Å². The SMILES string of the molecule is CC(OCC1CCCO1)C(=O)Nc1ccc(F)cc1[N+](=O)[O-]. The second-order valence-electron chi connectivity index (χ2n) is 5.02. The van der Waals surface area contributed by atoms with E-state index >= 15 is 0 Å². The van der Waals surface area contributed by atoms with Crippen molar-refractivity contribution in [3.05, 3.63) is 34.1 Å². The molecule has 1 aliphatic heterocycles. The number of amides is 1. The number of nitro groups is 1. The minimum Gasteiger partial charge on any atom is -0.376 e. The van der Waals surface area contributed by atoms with E-state index in [9.17, 15) is 19.3 Å². The molecule has 0 bridgehead atoms. The van der Waals surface area contributed by atoms with Gasteiger partial charge in [-0.1, -0.05) is 0 Å². The Morgan fingerprint density at radius 1 is 1.64 bits per heavy atom. The van der Waals surface area contributed by atoms with Gasteiger partial charge in [0.05, 0.1) is 23.7 Å². The van der Waals surface area contributed by atoms with Gasteiger partial charge in [0.25, 0.3) is 11.6 Å². The maximum atomic E-state index is 13.0. The second-order valence-corrected chi connectivity index (χ2v) is 5.02. The lowest BCUT2D eigenvalue weighted by Gasteiger charge is -2.16. The fourth-order valence-corrected chi connectivity index (χ4v) is 2.10. The summed E-state index contributed by atoms with van der Waals surface area (Å²) < 4.78 is 23.8. The van der Waals surface area contributed by atoms with E-state index in [-0.39, 0.29) is 11.8 Å². The zero-order chi connectivity index (χ0) is 16.1. The van der Waals surface area contributed by atoms with E-state index in [2.05, 4.69) is 5.32 Å². The normalized spacial score (nSPS) is 18.9. The van der Waals surface area contributed by atoms with E-state index in [0.29, 0.717) is 13.2 Å². The Hall–Kier alpha value is -2.06. The van der Waals surface area contributed by atoms with Gasteiger partial charge in [0.1, 0.15) is 17.6 Å². The third-order valence-electron chi connectivity index (χ3n) is 3.34. The van der Waals surface area contributed by atoms with Gasteiger partial charge in [0, 0.05) is 6.61 Å². The number of hydrogen-bond donors (Lipinski definition) is 1. The van der Waals surface area contributed by atoms with Crippen molar-refractivity contribution in [3.63, 3.8) is 0 Å². The highest BCUT2D eigenvalue weighted by molar-refractivity contribution is 5.95. The van der Waals surface area contributed by atoms with E-state index in [1.54, 1.807) is 6.92 Å². The van der Waals surface area contributed by atoms with Gasteiger partial charge in [-0.15, -0.1) is 0 Å².